The van der Waals surface area contributed by atoms with Gasteiger partial charge in [-0.2, -0.15) is 5.10 Å². The number of methoxy groups -OCH3 is 1. The van der Waals surface area contributed by atoms with Crippen LogP contribution in [0.5, 0.6) is 0 Å². The van der Waals surface area contributed by atoms with Crippen molar-refractivity contribution in [2.45, 2.75) is 31.7 Å². The predicted molar refractivity (Wildman–Crippen MR) is 104 cm³/mol. The number of aromatic nitrogens is 3. The lowest BCUT2D eigenvalue weighted by atomic mass is 9.98. The van der Waals surface area contributed by atoms with Gasteiger partial charge in [0.2, 0.25) is 0 Å². The van der Waals surface area contributed by atoms with Crippen molar-refractivity contribution in [3.05, 3.63) is 54.4 Å². The van der Waals surface area contributed by atoms with Crippen molar-refractivity contribution < 1.29 is 9.53 Å². The van der Waals surface area contributed by atoms with Crippen molar-refractivity contribution in [3.63, 3.8) is 0 Å². The topological polar surface area (TPSA) is 59.7 Å². The van der Waals surface area contributed by atoms with Gasteiger partial charge in [0.25, 0.3) is 5.91 Å². The molecule has 1 atom stereocenters. The molecule has 1 aliphatic heterocycles. The van der Waals surface area contributed by atoms with Crippen LogP contribution in [0.25, 0.3) is 16.9 Å². The summed E-state index contributed by atoms with van der Waals surface area (Å²) in [7, 11) is 1.71. The molecule has 4 rings (SSSR count). The number of imidazole rings is 1. The second kappa shape index (κ2) is 7.88. The van der Waals surface area contributed by atoms with E-state index in [0.29, 0.717) is 12.2 Å². The van der Waals surface area contributed by atoms with Crippen LogP contribution in [0.3, 0.4) is 0 Å². The molecule has 1 fully saturated rings. The Morgan fingerprint density at radius 2 is 2.19 bits per heavy atom. The SMILES string of the molecule is COCC[C@H]1CCCCN1C(=O)c1cccc(-c2cnc3cccnn23)c1. The summed E-state index contributed by atoms with van der Waals surface area (Å²) >= 11 is 0. The van der Waals surface area contributed by atoms with E-state index in [1.807, 2.05) is 41.3 Å². The highest BCUT2D eigenvalue weighted by molar-refractivity contribution is 5.95. The van der Waals surface area contributed by atoms with E-state index >= 15 is 0 Å². The smallest absolute Gasteiger partial charge is 0.254 e. The summed E-state index contributed by atoms with van der Waals surface area (Å²) in [4.78, 5) is 19.6. The minimum atomic E-state index is 0.0967. The van der Waals surface area contributed by atoms with E-state index in [1.165, 1.54) is 6.42 Å². The molecule has 0 saturated carbocycles. The van der Waals surface area contributed by atoms with Gasteiger partial charge in [-0.1, -0.05) is 12.1 Å². The van der Waals surface area contributed by atoms with Crippen molar-refractivity contribution >= 4 is 11.6 Å². The number of carbonyl (C=O) groups excluding carboxylic acids is 1. The normalized spacial score (nSPS) is 17.4. The fourth-order valence-electron chi connectivity index (χ4n) is 3.83. The molecule has 1 saturated heterocycles. The molecule has 1 amide bonds. The molecule has 6 heteroatoms. The lowest BCUT2D eigenvalue weighted by Gasteiger charge is -2.36. The molecule has 1 aromatic carbocycles. The lowest BCUT2D eigenvalue weighted by molar-refractivity contribution is 0.0553. The Labute approximate surface area is 158 Å². The molecular weight excluding hydrogens is 340 g/mol. The Hall–Kier alpha value is -2.73. The average Bonchev–Trinajstić information content (AvgIpc) is 3.16. The van der Waals surface area contributed by atoms with Gasteiger partial charge in [-0.25, -0.2) is 9.50 Å². The summed E-state index contributed by atoms with van der Waals surface area (Å²) in [5.74, 6) is 0.0967. The number of ether oxygens (including phenoxy) is 1. The van der Waals surface area contributed by atoms with Gasteiger partial charge in [0.15, 0.2) is 5.65 Å². The maximum atomic E-state index is 13.2. The van der Waals surface area contributed by atoms with Gasteiger partial charge >= 0.3 is 0 Å². The molecule has 6 nitrogen and oxygen atoms in total. The molecule has 2 aromatic heterocycles. The van der Waals surface area contributed by atoms with Gasteiger partial charge in [-0.15, -0.1) is 0 Å². The average molecular weight is 364 g/mol. The molecule has 0 N–H and O–H groups in total. The summed E-state index contributed by atoms with van der Waals surface area (Å²) < 4.78 is 7.03. The first-order chi connectivity index (χ1) is 13.3. The molecule has 0 spiro atoms. The third kappa shape index (κ3) is 3.57. The number of piperidine rings is 1. The van der Waals surface area contributed by atoms with Crippen LogP contribution in [-0.2, 0) is 4.74 Å². The molecule has 1 aliphatic rings. The first-order valence-corrected chi connectivity index (χ1v) is 9.47. The van der Waals surface area contributed by atoms with Crippen molar-refractivity contribution in [2.24, 2.45) is 0 Å². The summed E-state index contributed by atoms with van der Waals surface area (Å²) in [5.41, 5.74) is 3.33. The van der Waals surface area contributed by atoms with E-state index < -0.39 is 0 Å². The van der Waals surface area contributed by atoms with Gasteiger partial charge in [-0.3, -0.25) is 4.79 Å². The maximum absolute atomic E-state index is 13.2. The Morgan fingerprint density at radius 1 is 1.26 bits per heavy atom. The number of benzene rings is 1. The highest BCUT2D eigenvalue weighted by Crippen LogP contribution is 2.25. The summed E-state index contributed by atoms with van der Waals surface area (Å²) in [6.07, 6.45) is 7.71. The molecule has 140 valence electrons. The van der Waals surface area contributed by atoms with Crippen LogP contribution in [0, 0.1) is 0 Å². The van der Waals surface area contributed by atoms with E-state index in [4.69, 9.17) is 4.74 Å². The highest BCUT2D eigenvalue weighted by Gasteiger charge is 2.27. The van der Waals surface area contributed by atoms with Crippen LogP contribution in [0.1, 0.15) is 36.0 Å². The zero-order valence-electron chi connectivity index (χ0n) is 15.5. The zero-order chi connectivity index (χ0) is 18.6. The quantitative estimate of drug-likeness (QED) is 0.696. The first-order valence-electron chi connectivity index (χ1n) is 9.47. The number of likely N-dealkylation sites (tertiary alicyclic amines) is 1. The van der Waals surface area contributed by atoms with Crippen molar-refractivity contribution in [3.8, 4) is 11.3 Å². The summed E-state index contributed by atoms with van der Waals surface area (Å²) in [6, 6.07) is 11.8. The van der Waals surface area contributed by atoms with Gasteiger partial charge in [0, 0.05) is 43.6 Å². The number of rotatable bonds is 5. The molecule has 27 heavy (non-hydrogen) atoms. The first kappa shape index (κ1) is 17.7. The van der Waals surface area contributed by atoms with Crippen molar-refractivity contribution in [1.29, 1.82) is 0 Å². The molecule has 0 aliphatic carbocycles. The fourth-order valence-corrected chi connectivity index (χ4v) is 3.83. The monoisotopic (exact) mass is 364 g/mol. The van der Waals surface area contributed by atoms with Crippen LogP contribution in [0.2, 0.25) is 0 Å². The number of nitrogens with zero attached hydrogens (tertiary/aromatic N) is 4. The molecule has 0 radical (unpaired) electrons. The van der Waals surface area contributed by atoms with Gasteiger partial charge in [0.1, 0.15) is 0 Å². The number of amides is 1. The van der Waals surface area contributed by atoms with Crippen molar-refractivity contribution in [1.82, 2.24) is 19.5 Å². The Kier molecular flexibility index (Phi) is 5.16. The Morgan fingerprint density at radius 3 is 3.07 bits per heavy atom. The number of fused-ring (bicyclic) bond motifs is 1. The van der Waals surface area contributed by atoms with Crippen molar-refractivity contribution in [2.75, 3.05) is 20.3 Å². The standard InChI is InChI=1S/C21H24N4O2/c1-27-13-10-18-8-2-3-12-24(18)21(26)17-7-4-6-16(14-17)19-15-22-20-9-5-11-23-25(19)20/h4-7,9,11,14-15,18H,2-3,8,10,12-13H2,1H3/t18-/m1/s1. The van der Waals surface area contributed by atoms with E-state index in [-0.39, 0.29) is 11.9 Å². The van der Waals surface area contributed by atoms with Gasteiger partial charge in [-0.05, 0) is 49.9 Å². The van der Waals surface area contributed by atoms with Crippen LogP contribution in [0.15, 0.2) is 48.8 Å². The molecule has 3 aromatic rings. The maximum Gasteiger partial charge on any atom is 0.254 e. The van der Waals surface area contributed by atoms with E-state index in [0.717, 1.165) is 42.7 Å². The molecule has 3 heterocycles. The minimum Gasteiger partial charge on any atom is -0.385 e. The number of carbonyl (C=O) groups is 1. The predicted octanol–water partition coefficient (Wildman–Crippen LogP) is 3.43. The van der Waals surface area contributed by atoms with E-state index in [1.54, 1.807) is 24.0 Å². The molecule has 0 bridgehead atoms. The Balaban J connectivity index is 1.62. The number of hydrogen-bond acceptors (Lipinski definition) is 4. The third-order valence-corrected chi connectivity index (χ3v) is 5.23. The van der Waals surface area contributed by atoms with E-state index in [9.17, 15) is 4.79 Å². The highest BCUT2D eigenvalue weighted by atomic mass is 16.5. The third-order valence-electron chi connectivity index (χ3n) is 5.23. The number of hydrogen-bond donors (Lipinski definition) is 0. The zero-order valence-corrected chi connectivity index (χ0v) is 15.5. The van der Waals surface area contributed by atoms with Gasteiger partial charge in [0.05, 0.1) is 11.9 Å². The van der Waals surface area contributed by atoms with Crippen LogP contribution in [0.4, 0.5) is 0 Å². The largest absolute Gasteiger partial charge is 0.385 e. The second-order valence-corrected chi connectivity index (χ2v) is 6.95. The second-order valence-electron chi connectivity index (χ2n) is 6.95. The van der Waals surface area contributed by atoms with Crippen LogP contribution < -0.4 is 0 Å². The lowest BCUT2D eigenvalue weighted by Crippen LogP contribution is -2.44. The van der Waals surface area contributed by atoms with Crippen LogP contribution >= 0.6 is 0 Å². The van der Waals surface area contributed by atoms with E-state index in [2.05, 4.69) is 10.1 Å². The summed E-state index contributed by atoms with van der Waals surface area (Å²) in [5, 5.41) is 4.37. The Bertz CT molecular complexity index is 937. The van der Waals surface area contributed by atoms with Crippen LogP contribution in [-0.4, -0.2) is 51.7 Å². The molecular formula is C21H24N4O2. The molecule has 0 unspecified atom stereocenters. The minimum absolute atomic E-state index is 0.0967. The fraction of sp³-hybridized carbons (Fsp3) is 0.381. The van der Waals surface area contributed by atoms with Gasteiger partial charge < -0.3 is 9.64 Å². The summed E-state index contributed by atoms with van der Waals surface area (Å²) in [6.45, 7) is 1.50.